The van der Waals surface area contributed by atoms with Gasteiger partial charge in [-0.25, -0.2) is 4.68 Å². The van der Waals surface area contributed by atoms with Gasteiger partial charge in [0.2, 0.25) is 0 Å². The van der Waals surface area contributed by atoms with E-state index in [0.29, 0.717) is 12.2 Å². The summed E-state index contributed by atoms with van der Waals surface area (Å²) in [5.41, 5.74) is 0.624. The van der Waals surface area contributed by atoms with Gasteiger partial charge in [0.25, 0.3) is 0 Å². The molecule has 0 unspecified atom stereocenters. The number of hydrogen-bond donors (Lipinski definition) is 1. The summed E-state index contributed by atoms with van der Waals surface area (Å²) in [5.74, 6) is 0. The second kappa shape index (κ2) is 5.40. The summed E-state index contributed by atoms with van der Waals surface area (Å²) in [7, 11) is 0. The topological polar surface area (TPSA) is 42.7 Å². The van der Waals surface area contributed by atoms with Crippen LogP contribution in [0.3, 0.4) is 0 Å². The van der Waals surface area contributed by atoms with Crippen molar-refractivity contribution in [3.63, 3.8) is 0 Å². The van der Waals surface area contributed by atoms with Gasteiger partial charge in [-0.3, -0.25) is 4.98 Å². The van der Waals surface area contributed by atoms with Crippen molar-refractivity contribution in [1.29, 1.82) is 0 Å². The van der Waals surface area contributed by atoms with Crippen LogP contribution in [-0.2, 0) is 12.7 Å². The second-order valence-corrected chi connectivity index (χ2v) is 4.00. The first-order valence-electron chi connectivity index (χ1n) is 5.77. The lowest BCUT2D eigenvalue weighted by molar-refractivity contribution is -0.137. The number of alkyl halides is 3. The van der Waals surface area contributed by atoms with Crippen LogP contribution in [0.5, 0.6) is 0 Å². The number of hydrogen-bond acceptors (Lipinski definition) is 3. The van der Waals surface area contributed by atoms with Crippen molar-refractivity contribution in [2.24, 2.45) is 0 Å². The van der Waals surface area contributed by atoms with Crippen molar-refractivity contribution in [2.45, 2.75) is 19.6 Å². The van der Waals surface area contributed by atoms with Crippen LogP contribution in [0.15, 0.2) is 30.9 Å². The predicted octanol–water partition coefficient (Wildman–Crippen LogP) is 2.40. The highest BCUT2D eigenvalue weighted by Crippen LogP contribution is 2.29. The van der Waals surface area contributed by atoms with Gasteiger partial charge in [-0.2, -0.15) is 18.3 Å². The van der Waals surface area contributed by atoms with E-state index in [1.807, 2.05) is 6.92 Å². The van der Waals surface area contributed by atoms with E-state index in [1.54, 1.807) is 12.3 Å². The van der Waals surface area contributed by atoms with E-state index in [1.165, 1.54) is 10.9 Å². The first kappa shape index (κ1) is 13.5. The molecule has 0 saturated heterocycles. The Hall–Kier alpha value is -1.89. The third kappa shape index (κ3) is 3.31. The van der Waals surface area contributed by atoms with Crippen molar-refractivity contribution >= 4 is 0 Å². The number of halogens is 3. The maximum atomic E-state index is 12.5. The van der Waals surface area contributed by atoms with Gasteiger partial charge in [-0.15, -0.1) is 0 Å². The zero-order valence-corrected chi connectivity index (χ0v) is 10.3. The average molecular weight is 270 g/mol. The van der Waals surface area contributed by atoms with Crippen molar-refractivity contribution < 1.29 is 13.2 Å². The monoisotopic (exact) mass is 270 g/mol. The fourth-order valence-corrected chi connectivity index (χ4v) is 1.58. The van der Waals surface area contributed by atoms with E-state index in [-0.39, 0.29) is 0 Å². The standard InChI is InChI=1S/C12H13F3N4/c1-2-16-4-9-3-11(7-17-5-9)19-8-10(6-18-19)12(13,14)15/h3,5-8,16H,2,4H2,1H3. The van der Waals surface area contributed by atoms with Crippen molar-refractivity contribution in [3.05, 3.63) is 42.0 Å². The normalized spacial score (nSPS) is 11.8. The number of pyridine rings is 1. The van der Waals surface area contributed by atoms with Crippen LogP contribution in [-0.4, -0.2) is 21.3 Å². The Morgan fingerprint density at radius 3 is 2.68 bits per heavy atom. The molecule has 2 heterocycles. The Labute approximate surface area is 108 Å². The van der Waals surface area contributed by atoms with Gasteiger partial charge < -0.3 is 5.32 Å². The summed E-state index contributed by atoms with van der Waals surface area (Å²) in [6.45, 7) is 3.40. The quantitative estimate of drug-likeness (QED) is 0.927. The third-order valence-electron chi connectivity index (χ3n) is 2.53. The van der Waals surface area contributed by atoms with Crippen LogP contribution < -0.4 is 5.32 Å². The maximum Gasteiger partial charge on any atom is 0.419 e. The second-order valence-electron chi connectivity index (χ2n) is 4.00. The zero-order valence-electron chi connectivity index (χ0n) is 10.3. The fourth-order valence-electron chi connectivity index (χ4n) is 1.58. The zero-order chi connectivity index (χ0) is 13.9. The molecule has 2 aromatic heterocycles. The van der Waals surface area contributed by atoms with E-state index in [0.717, 1.165) is 24.5 Å². The molecular weight excluding hydrogens is 257 g/mol. The van der Waals surface area contributed by atoms with Crippen LogP contribution in [0.1, 0.15) is 18.1 Å². The minimum absolute atomic E-state index is 0.505. The Morgan fingerprint density at radius 1 is 1.26 bits per heavy atom. The fraction of sp³-hybridized carbons (Fsp3) is 0.333. The van der Waals surface area contributed by atoms with E-state index >= 15 is 0 Å². The van der Waals surface area contributed by atoms with Crippen LogP contribution in [0.2, 0.25) is 0 Å². The predicted molar refractivity (Wildman–Crippen MR) is 63.7 cm³/mol. The summed E-state index contributed by atoms with van der Waals surface area (Å²) in [5, 5.41) is 6.83. The molecule has 0 spiro atoms. The largest absolute Gasteiger partial charge is 0.419 e. The van der Waals surface area contributed by atoms with Crippen LogP contribution in [0.4, 0.5) is 13.2 Å². The lowest BCUT2D eigenvalue weighted by Gasteiger charge is -2.05. The van der Waals surface area contributed by atoms with Crippen molar-refractivity contribution in [2.75, 3.05) is 6.54 Å². The van der Waals surface area contributed by atoms with Crippen LogP contribution in [0, 0.1) is 0 Å². The molecule has 0 amide bonds. The molecule has 7 heteroatoms. The Morgan fingerprint density at radius 2 is 2.05 bits per heavy atom. The molecule has 0 aliphatic heterocycles. The van der Waals surface area contributed by atoms with E-state index < -0.39 is 11.7 Å². The maximum absolute atomic E-state index is 12.5. The molecule has 0 radical (unpaired) electrons. The van der Waals surface area contributed by atoms with Crippen molar-refractivity contribution in [3.8, 4) is 5.69 Å². The highest BCUT2D eigenvalue weighted by Gasteiger charge is 2.32. The highest BCUT2D eigenvalue weighted by atomic mass is 19.4. The van der Waals surface area contributed by atoms with Gasteiger partial charge in [0.1, 0.15) is 0 Å². The Bertz CT molecular complexity index is 548. The molecule has 0 bridgehead atoms. The molecule has 0 aromatic carbocycles. The highest BCUT2D eigenvalue weighted by molar-refractivity contribution is 5.32. The molecule has 0 saturated carbocycles. The smallest absolute Gasteiger partial charge is 0.313 e. The van der Waals surface area contributed by atoms with Crippen LogP contribution >= 0.6 is 0 Å². The number of rotatable bonds is 4. The summed E-state index contributed by atoms with van der Waals surface area (Å²) >= 11 is 0. The van der Waals surface area contributed by atoms with Gasteiger partial charge in [0.05, 0.1) is 23.6 Å². The molecule has 102 valence electrons. The minimum Gasteiger partial charge on any atom is -0.313 e. The Balaban J connectivity index is 2.24. The Kier molecular flexibility index (Phi) is 3.84. The SMILES string of the molecule is CCNCc1cncc(-n2cc(C(F)(F)F)cn2)c1. The number of nitrogens with zero attached hydrogens (tertiary/aromatic N) is 3. The summed E-state index contributed by atoms with van der Waals surface area (Å²) in [6.07, 6.45) is 0.515. The minimum atomic E-state index is -4.38. The van der Waals surface area contributed by atoms with E-state index in [4.69, 9.17) is 0 Å². The van der Waals surface area contributed by atoms with Gasteiger partial charge in [0, 0.05) is 18.9 Å². The van der Waals surface area contributed by atoms with E-state index in [2.05, 4.69) is 15.4 Å². The lowest BCUT2D eigenvalue weighted by Crippen LogP contribution is -2.12. The molecule has 0 atom stereocenters. The van der Waals surface area contributed by atoms with E-state index in [9.17, 15) is 13.2 Å². The van der Waals surface area contributed by atoms with Gasteiger partial charge in [-0.05, 0) is 18.2 Å². The molecule has 1 N–H and O–H groups in total. The molecule has 0 aliphatic carbocycles. The molecule has 0 aliphatic rings. The van der Waals surface area contributed by atoms with Gasteiger partial charge >= 0.3 is 6.18 Å². The molecule has 0 fully saturated rings. The van der Waals surface area contributed by atoms with Crippen molar-refractivity contribution in [1.82, 2.24) is 20.1 Å². The van der Waals surface area contributed by atoms with Gasteiger partial charge in [-0.1, -0.05) is 6.92 Å². The third-order valence-corrected chi connectivity index (χ3v) is 2.53. The lowest BCUT2D eigenvalue weighted by atomic mass is 10.2. The molecule has 19 heavy (non-hydrogen) atoms. The number of nitrogens with one attached hydrogen (secondary N) is 1. The molecule has 2 aromatic rings. The summed E-state index contributed by atoms with van der Waals surface area (Å²) < 4.78 is 38.6. The first-order chi connectivity index (χ1) is 9.00. The molecule has 2 rings (SSSR count). The average Bonchev–Trinajstić information content (AvgIpc) is 2.86. The number of aromatic nitrogens is 3. The van der Waals surface area contributed by atoms with Gasteiger partial charge in [0.15, 0.2) is 0 Å². The molecular formula is C12H13F3N4. The summed E-state index contributed by atoms with van der Waals surface area (Å²) in [4.78, 5) is 4.00. The summed E-state index contributed by atoms with van der Waals surface area (Å²) in [6, 6.07) is 1.75. The molecule has 4 nitrogen and oxygen atoms in total. The first-order valence-corrected chi connectivity index (χ1v) is 5.77. The van der Waals surface area contributed by atoms with Crippen LogP contribution in [0.25, 0.3) is 5.69 Å².